The maximum atomic E-state index is 5.18. The molecular weight excluding hydrogens is 421 g/mol. The number of benzene rings is 1. The van der Waals surface area contributed by atoms with E-state index >= 15 is 0 Å². The number of thioether (sulfide) groups is 1. The number of ether oxygens (including phenoxy) is 1. The van der Waals surface area contributed by atoms with Crippen molar-refractivity contribution in [3.05, 3.63) is 29.8 Å². The number of methoxy groups -OCH3 is 1. The molecule has 0 heterocycles. The Morgan fingerprint density at radius 3 is 2.61 bits per heavy atom. The van der Waals surface area contributed by atoms with Crippen LogP contribution in [0.2, 0.25) is 0 Å². The summed E-state index contributed by atoms with van der Waals surface area (Å²) in [6.45, 7) is 0.880. The van der Waals surface area contributed by atoms with Gasteiger partial charge in [-0.05, 0) is 49.6 Å². The fourth-order valence-corrected chi connectivity index (χ4v) is 3.59. The maximum absolute atomic E-state index is 5.18. The number of guanidine groups is 1. The molecular formula is C17H28IN3OS. The number of hydrogen-bond donors (Lipinski definition) is 2. The first-order valence-electron chi connectivity index (χ1n) is 7.88. The first-order valence-corrected chi connectivity index (χ1v) is 9.17. The molecule has 1 aromatic rings. The standard InChI is InChI=1S/C17H27N3OS.HI/c1-18-17(20-14-6-9-16(12-14)22-3)19-11-10-13-4-7-15(21-2)8-5-13;/h4-5,7-8,14,16H,6,9-12H2,1-3H3,(H2,18,19,20);1H. The van der Waals surface area contributed by atoms with E-state index in [0.717, 1.165) is 29.9 Å². The summed E-state index contributed by atoms with van der Waals surface area (Å²) in [5.74, 6) is 1.82. The van der Waals surface area contributed by atoms with Crippen LogP contribution < -0.4 is 15.4 Å². The Morgan fingerprint density at radius 2 is 2.04 bits per heavy atom. The molecule has 130 valence electrons. The molecule has 0 aliphatic heterocycles. The van der Waals surface area contributed by atoms with Crippen LogP contribution in [0.25, 0.3) is 0 Å². The van der Waals surface area contributed by atoms with Crippen molar-refractivity contribution in [1.29, 1.82) is 0 Å². The van der Waals surface area contributed by atoms with Gasteiger partial charge in [0.05, 0.1) is 7.11 Å². The van der Waals surface area contributed by atoms with Crippen molar-refractivity contribution >= 4 is 41.7 Å². The highest BCUT2D eigenvalue weighted by atomic mass is 127. The summed E-state index contributed by atoms with van der Waals surface area (Å²) in [4.78, 5) is 4.33. The van der Waals surface area contributed by atoms with Crippen molar-refractivity contribution in [3.8, 4) is 5.75 Å². The van der Waals surface area contributed by atoms with Gasteiger partial charge in [-0.2, -0.15) is 11.8 Å². The minimum atomic E-state index is 0. The third-order valence-corrected chi connectivity index (χ3v) is 5.24. The second-order valence-electron chi connectivity index (χ2n) is 5.61. The summed E-state index contributed by atoms with van der Waals surface area (Å²) in [5, 5.41) is 7.75. The van der Waals surface area contributed by atoms with Gasteiger partial charge in [0.2, 0.25) is 0 Å². The zero-order chi connectivity index (χ0) is 15.8. The highest BCUT2D eigenvalue weighted by Gasteiger charge is 2.24. The second kappa shape index (κ2) is 11.0. The molecule has 1 fully saturated rings. The van der Waals surface area contributed by atoms with Crippen LogP contribution in [0.15, 0.2) is 29.3 Å². The number of halogens is 1. The van der Waals surface area contributed by atoms with Crippen molar-refractivity contribution in [2.45, 2.75) is 37.0 Å². The number of nitrogens with one attached hydrogen (secondary N) is 2. The van der Waals surface area contributed by atoms with E-state index in [4.69, 9.17) is 4.74 Å². The average molecular weight is 449 g/mol. The summed E-state index contributed by atoms with van der Waals surface area (Å²) < 4.78 is 5.18. The largest absolute Gasteiger partial charge is 0.497 e. The molecule has 4 nitrogen and oxygen atoms in total. The van der Waals surface area contributed by atoms with Crippen LogP contribution in [-0.4, -0.2) is 44.2 Å². The molecule has 1 aliphatic carbocycles. The molecule has 1 aromatic carbocycles. The lowest BCUT2D eigenvalue weighted by molar-refractivity contribution is 0.414. The Hall–Kier alpha value is -0.630. The molecule has 0 saturated heterocycles. The van der Waals surface area contributed by atoms with E-state index in [9.17, 15) is 0 Å². The van der Waals surface area contributed by atoms with Crippen LogP contribution in [0.4, 0.5) is 0 Å². The molecule has 2 N–H and O–H groups in total. The van der Waals surface area contributed by atoms with Gasteiger partial charge in [-0.3, -0.25) is 4.99 Å². The molecule has 1 aliphatic rings. The fraction of sp³-hybridized carbons (Fsp3) is 0.588. The molecule has 2 unspecified atom stereocenters. The number of rotatable bonds is 6. The SMILES string of the molecule is CN=C(NCCc1ccc(OC)cc1)NC1CCC(SC)C1.I. The Labute approximate surface area is 161 Å². The third-order valence-electron chi connectivity index (χ3n) is 4.15. The topological polar surface area (TPSA) is 45.7 Å². The Bertz CT molecular complexity index is 481. The minimum Gasteiger partial charge on any atom is -0.497 e. The predicted octanol–water partition coefficient (Wildman–Crippen LogP) is 3.30. The van der Waals surface area contributed by atoms with Crippen molar-refractivity contribution < 1.29 is 4.74 Å². The Morgan fingerprint density at radius 1 is 1.30 bits per heavy atom. The smallest absolute Gasteiger partial charge is 0.191 e. The van der Waals surface area contributed by atoms with E-state index in [1.54, 1.807) is 7.11 Å². The zero-order valence-electron chi connectivity index (χ0n) is 14.2. The van der Waals surface area contributed by atoms with Gasteiger partial charge >= 0.3 is 0 Å². The van der Waals surface area contributed by atoms with Crippen molar-refractivity contribution in [2.75, 3.05) is 27.0 Å². The summed E-state index contributed by atoms with van der Waals surface area (Å²) in [5.41, 5.74) is 1.30. The molecule has 0 amide bonds. The average Bonchev–Trinajstić information content (AvgIpc) is 3.02. The van der Waals surface area contributed by atoms with E-state index in [0.29, 0.717) is 6.04 Å². The summed E-state index contributed by atoms with van der Waals surface area (Å²) >= 11 is 1.98. The van der Waals surface area contributed by atoms with Gasteiger partial charge in [-0.25, -0.2) is 0 Å². The highest BCUT2D eigenvalue weighted by molar-refractivity contribution is 14.0. The van der Waals surface area contributed by atoms with Gasteiger partial charge in [0.1, 0.15) is 5.75 Å². The number of nitrogens with zero attached hydrogens (tertiary/aromatic N) is 1. The van der Waals surface area contributed by atoms with E-state index in [1.807, 2.05) is 30.9 Å². The van der Waals surface area contributed by atoms with Crippen LogP contribution in [0.1, 0.15) is 24.8 Å². The van der Waals surface area contributed by atoms with E-state index in [1.165, 1.54) is 24.8 Å². The number of aliphatic imine (C=N–C) groups is 1. The molecule has 1 saturated carbocycles. The Balaban J connectivity index is 0.00000264. The van der Waals surface area contributed by atoms with Gasteiger partial charge in [0.15, 0.2) is 5.96 Å². The quantitative estimate of drug-likeness (QED) is 0.398. The Kier molecular flexibility index (Phi) is 9.78. The van der Waals surface area contributed by atoms with Crippen LogP contribution in [0.5, 0.6) is 5.75 Å². The monoisotopic (exact) mass is 449 g/mol. The normalized spacial score (nSPS) is 20.7. The second-order valence-corrected chi connectivity index (χ2v) is 6.75. The zero-order valence-corrected chi connectivity index (χ0v) is 17.3. The van der Waals surface area contributed by atoms with Crippen molar-refractivity contribution in [3.63, 3.8) is 0 Å². The highest BCUT2D eigenvalue weighted by Crippen LogP contribution is 2.27. The van der Waals surface area contributed by atoms with Crippen LogP contribution in [-0.2, 0) is 6.42 Å². The molecule has 0 bridgehead atoms. The van der Waals surface area contributed by atoms with Crippen molar-refractivity contribution in [1.82, 2.24) is 10.6 Å². The third kappa shape index (κ3) is 6.79. The summed E-state index contributed by atoms with van der Waals surface area (Å²) in [6.07, 6.45) is 6.96. The first-order chi connectivity index (χ1) is 10.7. The molecule has 0 radical (unpaired) electrons. The van der Waals surface area contributed by atoms with Crippen LogP contribution in [0.3, 0.4) is 0 Å². The summed E-state index contributed by atoms with van der Waals surface area (Å²) in [7, 11) is 3.53. The van der Waals surface area contributed by atoms with Gasteiger partial charge in [-0.15, -0.1) is 24.0 Å². The molecule has 0 spiro atoms. The van der Waals surface area contributed by atoms with Gasteiger partial charge in [0, 0.05) is 24.9 Å². The lowest BCUT2D eigenvalue weighted by Crippen LogP contribution is -2.43. The molecule has 6 heteroatoms. The minimum absolute atomic E-state index is 0. The van der Waals surface area contributed by atoms with Gasteiger partial charge in [-0.1, -0.05) is 12.1 Å². The van der Waals surface area contributed by atoms with E-state index in [2.05, 4.69) is 34.0 Å². The predicted molar refractivity (Wildman–Crippen MR) is 112 cm³/mol. The maximum Gasteiger partial charge on any atom is 0.191 e. The lowest BCUT2D eigenvalue weighted by atomic mass is 10.1. The summed E-state index contributed by atoms with van der Waals surface area (Å²) in [6, 6.07) is 8.78. The first kappa shape index (κ1) is 20.4. The van der Waals surface area contributed by atoms with Crippen LogP contribution >= 0.6 is 35.7 Å². The molecule has 2 atom stereocenters. The number of hydrogen-bond acceptors (Lipinski definition) is 3. The lowest BCUT2D eigenvalue weighted by Gasteiger charge is -2.17. The van der Waals surface area contributed by atoms with Gasteiger partial charge < -0.3 is 15.4 Å². The van der Waals surface area contributed by atoms with E-state index < -0.39 is 0 Å². The molecule has 2 rings (SSSR count). The van der Waals surface area contributed by atoms with Crippen LogP contribution in [0, 0.1) is 0 Å². The van der Waals surface area contributed by atoms with E-state index in [-0.39, 0.29) is 24.0 Å². The molecule has 0 aromatic heterocycles. The van der Waals surface area contributed by atoms with Gasteiger partial charge in [0.25, 0.3) is 0 Å². The fourth-order valence-electron chi connectivity index (χ4n) is 2.79. The molecule has 23 heavy (non-hydrogen) atoms. The van der Waals surface area contributed by atoms with Crippen molar-refractivity contribution in [2.24, 2.45) is 4.99 Å².